The Bertz CT molecular complexity index is 938. The van der Waals surface area contributed by atoms with Crippen molar-refractivity contribution in [3.63, 3.8) is 0 Å². The van der Waals surface area contributed by atoms with Crippen molar-refractivity contribution in [2.45, 2.75) is 42.8 Å². The van der Waals surface area contributed by atoms with E-state index in [4.69, 9.17) is 4.74 Å². The molecule has 2 heterocycles. The summed E-state index contributed by atoms with van der Waals surface area (Å²) in [7, 11) is 1.72. The highest BCUT2D eigenvalue weighted by molar-refractivity contribution is 7.99. The molecule has 1 aliphatic carbocycles. The molecular formula is C22H31N7O3S. The molecular weight excluding hydrogens is 442 g/mol. The van der Waals surface area contributed by atoms with Crippen LogP contribution in [-0.2, 0) is 16.6 Å². The molecule has 0 atom stereocenters. The summed E-state index contributed by atoms with van der Waals surface area (Å²) in [5.74, 6) is -0.0542. The van der Waals surface area contributed by atoms with Crippen LogP contribution < -0.4 is 10.6 Å². The van der Waals surface area contributed by atoms with Gasteiger partial charge in [0.15, 0.2) is 0 Å². The third-order valence-electron chi connectivity index (χ3n) is 6.39. The van der Waals surface area contributed by atoms with Gasteiger partial charge in [-0.15, -0.1) is 5.10 Å². The second kappa shape index (κ2) is 11.1. The van der Waals surface area contributed by atoms with E-state index in [1.54, 1.807) is 31.3 Å². The molecule has 1 aromatic carbocycles. The highest BCUT2D eigenvalue weighted by Crippen LogP contribution is 2.34. The van der Waals surface area contributed by atoms with Gasteiger partial charge in [-0.05, 0) is 47.5 Å². The van der Waals surface area contributed by atoms with Crippen LogP contribution in [0, 0.1) is 0 Å². The fourth-order valence-corrected chi connectivity index (χ4v) is 5.22. The molecule has 1 saturated heterocycles. The number of aromatic nitrogens is 4. The fraction of sp³-hybridized carbons (Fsp3) is 0.591. The number of anilines is 1. The van der Waals surface area contributed by atoms with E-state index in [0.717, 1.165) is 39.1 Å². The van der Waals surface area contributed by atoms with E-state index in [0.29, 0.717) is 23.0 Å². The van der Waals surface area contributed by atoms with Gasteiger partial charge >= 0.3 is 0 Å². The number of rotatable bonds is 8. The van der Waals surface area contributed by atoms with E-state index in [1.807, 2.05) is 0 Å². The highest BCUT2D eigenvalue weighted by atomic mass is 32.2. The molecule has 33 heavy (non-hydrogen) atoms. The van der Waals surface area contributed by atoms with Crippen molar-refractivity contribution < 1.29 is 14.3 Å². The number of hydrogen-bond donors (Lipinski definition) is 2. The number of morpholine rings is 1. The quantitative estimate of drug-likeness (QED) is 0.557. The molecule has 11 heteroatoms. The van der Waals surface area contributed by atoms with Gasteiger partial charge in [-0.1, -0.05) is 31.0 Å². The number of thioether (sulfide) groups is 1. The minimum Gasteiger partial charge on any atom is -0.379 e. The predicted octanol–water partition coefficient (Wildman–Crippen LogP) is 1.71. The van der Waals surface area contributed by atoms with Crippen LogP contribution in [0.2, 0.25) is 0 Å². The monoisotopic (exact) mass is 473 g/mol. The lowest BCUT2D eigenvalue weighted by atomic mass is 9.79. The van der Waals surface area contributed by atoms with E-state index in [1.165, 1.54) is 35.7 Å². The number of benzene rings is 1. The Labute approximate surface area is 197 Å². The number of hydrogen-bond acceptors (Lipinski definition) is 8. The van der Waals surface area contributed by atoms with Gasteiger partial charge in [0.25, 0.3) is 5.91 Å². The zero-order valence-corrected chi connectivity index (χ0v) is 19.8. The van der Waals surface area contributed by atoms with Gasteiger partial charge in [0, 0.05) is 43.5 Å². The van der Waals surface area contributed by atoms with Gasteiger partial charge in [-0.25, -0.2) is 4.68 Å². The molecule has 0 spiro atoms. The summed E-state index contributed by atoms with van der Waals surface area (Å²) < 4.78 is 7.05. The highest BCUT2D eigenvalue weighted by Gasteiger charge is 2.38. The van der Waals surface area contributed by atoms with Crippen LogP contribution >= 0.6 is 11.8 Å². The van der Waals surface area contributed by atoms with E-state index in [-0.39, 0.29) is 23.1 Å². The zero-order valence-electron chi connectivity index (χ0n) is 19.0. The number of ether oxygens (including phenoxy) is 1. The third-order valence-corrected chi connectivity index (χ3v) is 7.40. The van der Waals surface area contributed by atoms with Crippen LogP contribution in [0.25, 0.3) is 0 Å². The lowest BCUT2D eigenvalue weighted by molar-refractivity contribution is -0.113. The molecule has 10 nitrogen and oxygen atoms in total. The molecule has 2 aromatic rings. The van der Waals surface area contributed by atoms with E-state index in [9.17, 15) is 9.59 Å². The van der Waals surface area contributed by atoms with Gasteiger partial charge in [-0.3, -0.25) is 14.5 Å². The van der Waals surface area contributed by atoms with Gasteiger partial charge in [0.05, 0.1) is 19.0 Å². The maximum Gasteiger partial charge on any atom is 0.251 e. The Morgan fingerprint density at radius 3 is 2.52 bits per heavy atom. The van der Waals surface area contributed by atoms with Gasteiger partial charge < -0.3 is 15.4 Å². The van der Waals surface area contributed by atoms with Crippen LogP contribution in [0.5, 0.6) is 0 Å². The minimum atomic E-state index is -0.162. The second-order valence-corrected chi connectivity index (χ2v) is 9.51. The van der Waals surface area contributed by atoms with Crippen LogP contribution in [0.15, 0.2) is 29.4 Å². The Balaban J connectivity index is 1.29. The summed E-state index contributed by atoms with van der Waals surface area (Å²) in [6.45, 7) is 4.03. The van der Waals surface area contributed by atoms with Gasteiger partial charge in [0.1, 0.15) is 0 Å². The number of tetrazole rings is 1. The van der Waals surface area contributed by atoms with Crippen LogP contribution in [-0.4, -0.2) is 81.1 Å². The topological polar surface area (TPSA) is 114 Å². The molecule has 0 unspecified atom stereocenters. The molecule has 1 aliphatic heterocycles. The maximum atomic E-state index is 12.8. The molecule has 1 aromatic heterocycles. The number of nitrogens with one attached hydrogen (secondary N) is 2. The van der Waals surface area contributed by atoms with Crippen molar-refractivity contribution >= 4 is 29.3 Å². The Kier molecular flexibility index (Phi) is 7.94. The summed E-state index contributed by atoms with van der Waals surface area (Å²) in [5, 5.41) is 17.7. The van der Waals surface area contributed by atoms with E-state index < -0.39 is 0 Å². The molecule has 2 N–H and O–H groups in total. The van der Waals surface area contributed by atoms with Crippen molar-refractivity contribution in [3.05, 3.63) is 29.8 Å². The Morgan fingerprint density at radius 1 is 1.12 bits per heavy atom. The van der Waals surface area contributed by atoms with Crippen LogP contribution in [0.3, 0.4) is 0 Å². The fourth-order valence-electron chi connectivity index (χ4n) is 4.57. The smallest absolute Gasteiger partial charge is 0.251 e. The summed E-state index contributed by atoms with van der Waals surface area (Å²) >= 11 is 1.26. The van der Waals surface area contributed by atoms with Crippen molar-refractivity contribution in [2.24, 2.45) is 7.05 Å². The van der Waals surface area contributed by atoms with Crippen molar-refractivity contribution in [2.75, 3.05) is 43.9 Å². The maximum absolute atomic E-state index is 12.8. The number of amides is 2. The van der Waals surface area contributed by atoms with Crippen LogP contribution in [0.4, 0.5) is 5.69 Å². The van der Waals surface area contributed by atoms with E-state index in [2.05, 4.69) is 31.1 Å². The number of nitrogens with zero attached hydrogens (tertiary/aromatic N) is 5. The molecule has 0 bridgehead atoms. The van der Waals surface area contributed by atoms with Gasteiger partial charge in [-0.2, -0.15) is 0 Å². The molecule has 2 fully saturated rings. The normalized spacial score (nSPS) is 18.6. The van der Waals surface area contributed by atoms with Crippen LogP contribution in [0.1, 0.15) is 42.5 Å². The zero-order chi connectivity index (χ0) is 23.1. The lowest BCUT2D eigenvalue weighted by Crippen LogP contribution is -2.59. The summed E-state index contributed by atoms with van der Waals surface area (Å²) in [6, 6.07) is 6.99. The summed E-state index contributed by atoms with van der Waals surface area (Å²) in [6.07, 6.45) is 5.89. The van der Waals surface area contributed by atoms with Crippen molar-refractivity contribution in [3.8, 4) is 0 Å². The summed E-state index contributed by atoms with van der Waals surface area (Å²) in [4.78, 5) is 27.6. The second-order valence-electron chi connectivity index (χ2n) is 8.57. The Morgan fingerprint density at radius 2 is 1.85 bits per heavy atom. The summed E-state index contributed by atoms with van der Waals surface area (Å²) in [5.41, 5.74) is 1.26. The average Bonchev–Trinajstić information content (AvgIpc) is 3.27. The number of carbonyl (C=O) groups is 2. The first-order valence-corrected chi connectivity index (χ1v) is 12.4. The van der Waals surface area contributed by atoms with Crippen molar-refractivity contribution in [1.29, 1.82) is 0 Å². The molecule has 2 aliphatic rings. The predicted molar refractivity (Wildman–Crippen MR) is 125 cm³/mol. The molecule has 0 radical (unpaired) electrons. The van der Waals surface area contributed by atoms with Gasteiger partial charge in [0.2, 0.25) is 11.1 Å². The molecule has 178 valence electrons. The Hall–Kier alpha value is -2.50. The SMILES string of the molecule is Cn1nnnc1SCC(=O)Nc1ccc(C(=O)NCC2(N3CCOCC3)CCCCC2)cc1. The molecule has 1 saturated carbocycles. The van der Waals surface area contributed by atoms with E-state index >= 15 is 0 Å². The minimum absolute atomic E-state index is 0.0293. The largest absolute Gasteiger partial charge is 0.379 e. The third kappa shape index (κ3) is 6.10. The standard InChI is InChI=1S/C22H31N7O3S/c1-28-21(25-26-27-28)33-15-19(30)24-18-7-5-17(6-8-18)20(31)23-16-22(9-3-2-4-10-22)29-11-13-32-14-12-29/h5-8H,2-4,9-16H2,1H3,(H,23,31)(H,24,30). The first kappa shape index (κ1) is 23.7. The molecule has 4 rings (SSSR count). The first-order chi connectivity index (χ1) is 16.1. The molecule has 2 amide bonds. The number of carbonyl (C=O) groups excluding carboxylic acids is 2. The number of aryl methyl sites for hydroxylation is 1. The first-order valence-electron chi connectivity index (χ1n) is 11.4. The lowest BCUT2D eigenvalue weighted by Gasteiger charge is -2.48. The van der Waals surface area contributed by atoms with Crippen molar-refractivity contribution in [1.82, 2.24) is 30.4 Å². The average molecular weight is 474 g/mol.